The maximum atomic E-state index is 14.2. The maximum Gasteiger partial charge on any atom is 0.305 e. The molecule has 1 N–H and O–H groups in total. The molecular weight excluding hydrogens is 448 g/mol. The van der Waals surface area contributed by atoms with Gasteiger partial charge in [0.15, 0.2) is 0 Å². The fourth-order valence-corrected chi connectivity index (χ4v) is 6.40. The van der Waals surface area contributed by atoms with Crippen molar-refractivity contribution in [3.63, 3.8) is 0 Å². The van der Waals surface area contributed by atoms with Crippen molar-refractivity contribution in [2.75, 3.05) is 9.80 Å². The van der Waals surface area contributed by atoms with Gasteiger partial charge in [-0.2, -0.15) is 0 Å². The third-order valence-corrected chi connectivity index (χ3v) is 7.94. The van der Waals surface area contributed by atoms with Gasteiger partial charge in [0.25, 0.3) is 5.91 Å². The summed E-state index contributed by atoms with van der Waals surface area (Å²) in [4.78, 5) is 41.4. The van der Waals surface area contributed by atoms with E-state index < -0.39 is 16.1 Å². The number of hydrogen-bond donors (Lipinski definition) is 1. The lowest BCUT2D eigenvalue weighted by Gasteiger charge is -2.33. The predicted molar refractivity (Wildman–Crippen MR) is 133 cm³/mol. The zero-order valence-corrected chi connectivity index (χ0v) is 19.5. The average molecular weight is 473 g/mol. The van der Waals surface area contributed by atoms with E-state index in [0.717, 1.165) is 35.0 Å². The summed E-state index contributed by atoms with van der Waals surface area (Å²) in [5, 5.41) is 8.61. The molecule has 172 valence electrons. The second-order valence-corrected chi connectivity index (χ2v) is 9.83. The van der Waals surface area contributed by atoms with Crippen LogP contribution in [0.5, 0.6) is 0 Å². The van der Waals surface area contributed by atoms with Gasteiger partial charge >= 0.3 is 5.97 Å². The van der Waals surface area contributed by atoms with E-state index >= 15 is 0 Å². The number of amides is 2. The van der Waals surface area contributed by atoms with E-state index in [1.165, 1.54) is 4.90 Å². The molecule has 2 aliphatic heterocycles. The van der Waals surface area contributed by atoms with Gasteiger partial charge in [0, 0.05) is 11.3 Å². The number of carbonyl (C=O) groups is 3. The summed E-state index contributed by atoms with van der Waals surface area (Å²) in [6.45, 7) is 2.41. The summed E-state index contributed by atoms with van der Waals surface area (Å²) >= 11 is 1.14. The molecule has 2 aliphatic rings. The fourth-order valence-electron chi connectivity index (χ4n) is 4.74. The fraction of sp³-hybridized carbons (Fsp3) is 0.222. The number of aryl methyl sites for hydroxylation is 1. The Morgan fingerprint density at radius 3 is 2.29 bits per heavy atom. The van der Waals surface area contributed by atoms with Gasteiger partial charge in [-0.25, -0.2) is 0 Å². The number of nitrogens with zero attached hydrogens (tertiary/aromatic N) is 2. The van der Waals surface area contributed by atoms with Gasteiger partial charge in [-0.15, -0.1) is 11.8 Å². The molecule has 2 heterocycles. The first-order valence-electron chi connectivity index (χ1n) is 11.2. The number of aliphatic carboxylic acids is 1. The highest BCUT2D eigenvalue weighted by molar-refractivity contribution is 8.03. The van der Waals surface area contributed by atoms with Crippen molar-refractivity contribution in [3.8, 4) is 0 Å². The van der Waals surface area contributed by atoms with E-state index in [-0.39, 0.29) is 18.2 Å². The first-order chi connectivity index (χ1) is 16.5. The molecule has 7 heteroatoms. The number of benzene rings is 3. The summed E-state index contributed by atoms with van der Waals surface area (Å²) in [6.07, 6.45) is 0.505. The van der Waals surface area contributed by atoms with Gasteiger partial charge in [0.05, 0.1) is 23.9 Å². The summed E-state index contributed by atoms with van der Waals surface area (Å²) in [5.74, 6) is -1.66. The minimum atomic E-state index is -1.35. The van der Waals surface area contributed by atoms with Crippen molar-refractivity contribution >= 4 is 40.9 Å². The molecule has 5 rings (SSSR count). The van der Waals surface area contributed by atoms with Crippen molar-refractivity contribution in [3.05, 3.63) is 95.6 Å². The van der Waals surface area contributed by atoms with E-state index in [1.807, 2.05) is 78.9 Å². The monoisotopic (exact) mass is 472 g/mol. The van der Waals surface area contributed by atoms with Gasteiger partial charge in [0.1, 0.15) is 0 Å². The number of hydrogen-bond acceptors (Lipinski definition) is 4. The Balaban J connectivity index is 1.66. The number of carbonyl (C=O) groups excluding carboxylic acids is 2. The Bertz CT molecular complexity index is 1260. The van der Waals surface area contributed by atoms with Crippen molar-refractivity contribution in [1.29, 1.82) is 0 Å². The highest BCUT2D eigenvalue weighted by Crippen LogP contribution is 2.58. The molecule has 0 radical (unpaired) electrons. The SMILES string of the molecule is CCc1ccc(N2C(=O)[C@@H](CC(=O)O)S[C@@]23C(=O)N(Cc2ccccc2)c2ccccc23)cc1. The van der Waals surface area contributed by atoms with E-state index in [9.17, 15) is 19.5 Å². The van der Waals surface area contributed by atoms with Crippen LogP contribution in [0.25, 0.3) is 0 Å². The van der Waals surface area contributed by atoms with Crippen LogP contribution in [0.15, 0.2) is 78.9 Å². The summed E-state index contributed by atoms with van der Waals surface area (Å²) in [7, 11) is 0. The zero-order chi connectivity index (χ0) is 23.9. The molecule has 1 spiro atoms. The van der Waals surface area contributed by atoms with Crippen LogP contribution in [0.3, 0.4) is 0 Å². The minimum Gasteiger partial charge on any atom is -0.481 e. The largest absolute Gasteiger partial charge is 0.481 e. The molecule has 1 fully saturated rings. The smallest absolute Gasteiger partial charge is 0.305 e. The van der Waals surface area contributed by atoms with E-state index in [4.69, 9.17) is 0 Å². The van der Waals surface area contributed by atoms with Crippen LogP contribution in [0.2, 0.25) is 0 Å². The molecule has 3 aromatic rings. The van der Waals surface area contributed by atoms with E-state index in [2.05, 4.69) is 6.92 Å². The number of carboxylic acids is 1. The molecule has 3 aromatic carbocycles. The van der Waals surface area contributed by atoms with Gasteiger partial charge < -0.3 is 10.0 Å². The summed E-state index contributed by atoms with van der Waals surface area (Å²) < 4.78 is 0. The second kappa shape index (κ2) is 8.65. The number of para-hydroxylation sites is 1. The Morgan fingerprint density at radius 1 is 0.941 bits per heavy atom. The predicted octanol–water partition coefficient (Wildman–Crippen LogP) is 4.57. The van der Waals surface area contributed by atoms with Crippen LogP contribution < -0.4 is 9.80 Å². The number of fused-ring (bicyclic) bond motifs is 2. The molecule has 0 unspecified atom stereocenters. The number of thioether (sulfide) groups is 1. The van der Waals surface area contributed by atoms with Crippen LogP contribution in [0.4, 0.5) is 11.4 Å². The quantitative estimate of drug-likeness (QED) is 0.569. The lowest BCUT2D eigenvalue weighted by Crippen LogP contribution is -2.49. The normalized spacial score (nSPS) is 21.4. The first kappa shape index (κ1) is 22.2. The van der Waals surface area contributed by atoms with Crippen LogP contribution in [-0.4, -0.2) is 28.1 Å². The van der Waals surface area contributed by atoms with Crippen molar-refractivity contribution < 1.29 is 19.5 Å². The topological polar surface area (TPSA) is 77.9 Å². The van der Waals surface area contributed by atoms with E-state index in [1.54, 1.807) is 4.90 Å². The average Bonchev–Trinajstić information content (AvgIpc) is 3.26. The Kier molecular flexibility index (Phi) is 5.65. The Labute approximate surface area is 202 Å². The van der Waals surface area contributed by atoms with Crippen molar-refractivity contribution in [2.24, 2.45) is 0 Å². The molecule has 6 nitrogen and oxygen atoms in total. The third kappa shape index (κ3) is 3.47. The van der Waals surface area contributed by atoms with Crippen LogP contribution in [0, 0.1) is 0 Å². The van der Waals surface area contributed by atoms with Gasteiger partial charge in [-0.05, 0) is 35.7 Å². The Morgan fingerprint density at radius 2 is 1.62 bits per heavy atom. The molecule has 2 atom stereocenters. The van der Waals surface area contributed by atoms with Crippen molar-refractivity contribution in [2.45, 2.75) is 36.4 Å². The van der Waals surface area contributed by atoms with Gasteiger partial charge in [-0.3, -0.25) is 19.3 Å². The van der Waals surface area contributed by atoms with Gasteiger partial charge in [0.2, 0.25) is 10.8 Å². The molecule has 0 aromatic heterocycles. The number of carboxylic acid groups (broad SMARTS) is 1. The summed E-state index contributed by atoms with van der Waals surface area (Å²) in [5.41, 5.74) is 4.12. The third-order valence-electron chi connectivity index (χ3n) is 6.36. The Hall–Kier alpha value is -3.58. The molecule has 0 bridgehead atoms. The number of rotatable bonds is 6. The van der Waals surface area contributed by atoms with Crippen molar-refractivity contribution in [1.82, 2.24) is 0 Å². The lowest BCUT2D eigenvalue weighted by atomic mass is 10.0. The highest BCUT2D eigenvalue weighted by atomic mass is 32.2. The molecular formula is C27H24N2O4S. The second-order valence-electron chi connectivity index (χ2n) is 8.44. The molecule has 1 saturated heterocycles. The van der Waals surface area contributed by atoms with Crippen LogP contribution in [0.1, 0.15) is 30.0 Å². The summed E-state index contributed by atoms with van der Waals surface area (Å²) in [6, 6.07) is 24.8. The highest BCUT2D eigenvalue weighted by Gasteiger charge is 2.64. The van der Waals surface area contributed by atoms with E-state index in [0.29, 0.717) is 17.8 Å². The van der Waals surface area contributed by atoms with Gasteiger partial charge in [-0.1, -0.05) is 67.6 Å². The van der Waals surface area contributed by atoms with Crippen LogP contribution in [-0.2, 0) is 32.2 Å². The number of anilines is 2. The lowest BCUT2D eigenvalue weighted by molar-refractivity contribution is -0.138. The van der Waals surface area contributed by atoms with Crippen LogP contribution >= 0.6 is 11.8 Å². The standard InChI is InChI=1S/C27H24N2O4S/c1-2-18-12-14-20(15-13-18)29-25(32)23(16-24(30)31)34-27(29)21-10-6-7-11-22(21)28(26(27)33)17-19-8-4-3-5-9-19/h3-15,23H,2,16-17H2,1H3,(H,30,31)/t23-,27+/m1/s1. The minimum absolute atomic E-state index is 0.233. The molecule has 0 aliphatic carbocycles. The first-order valence-corrected chi connectivity index (χ1v) is 12.1. The maximum absolute atomic E-state index is 14.2. The molecule has 2 amide bonds. The zero-order valence-electron chi connectivity index (χ0n) is 18.7. The molecule has 34 heavy (non-hydrogen) atoms. The molecule has 0 saturated carbocycles.